The van der Waals surface area contributed by atoms with Gasteiger partial charge in [-0.15, -0.1) is 5.10 Å². The molecule has 0 aliphatic carbocycles. The summed E-state index contributed by atoms with van der Waals surface area (Å²) >= 11 is 0. The lowest BCUT2D eigenvalue weighted by molar-refractivity contribution is -0.115. The Bertz CT molecular complexity index is 1190. The summed E-state index contributed by atoms with van der Waals surface area (Å²) in [6.45, 7) is 2.34. The van der Waals surface area contributed by atoms with Crippen LogP contribution in [0.1, 0.15) is 12.1 Å². The molecule has 9 heteroatoms. The molecule has 0 spiro atoms. The van der Waals surface area contributed by atoms with Crippen molar-refractivity contribution in [2.24, 2.45) is 0 Å². The first-order valence-corrected chi connectivity index (χ1v) is 9.95. The molecule has 0 unspecified atom stereocenters. The van der Waals surface area contributed by atoms with Crippen molar-refractivity contribution in [3.05, 3.63) is 60.6 Å². The average Bonchev–Trinajstić information content (AvgIpc) is 3.19. The van der Waals surface area contributed by atoms with Crippen LogP contribution < -0.4 is 15.5 Å². The van der Waals surface area contributed by atoms with Gasteiger partial charge in [-0.1, -0.05) is 0 Å². The number of nitrogens with zero attached hydrogens (tertiary/aromatic N) is 6. The Kier molecular flexibility index (Phi) is 5.74. The molecule has 0 saturated heterocycles. The minimum Gasteiger partial charge on any atom is -0.378 e. The fraction of sp³-hybridized carbons (Fsp3) is 0.227. The van der Waals surface area contributed by atoms with Crippen LogP contribution in [0.3, 0.4) is 0 Å². The number of aryl methyl sites for hydroxylation is 1. The molecule has 0 atom stereocenters. The van der Waals surface area contributed by atoms with Gasteiger partial charge in [0.05, 0.1) is 0 Å². The number of fused-ring (bicyclic) bond motifs is 1. The Morgan fingerprint density at radius 3 is 2.65 bits per heavy atom. The highest BCUT2D eigenvalue weighted by molar-refractivity contribution is 5.91. The van der Waals surface area contributed by atoms with Crippen LogP contribution in [-0.4, -0.2) is 51.1 Å². The lowest BCUT2D eigenvalue weighted by Crippen LogP contribution is -2.17. The lowest BCUT2D eigenvalue weighted by Gasteiger charge is -2.13. The molecule has 31 heavy (non-hydrogen) atoms. The van der Waals surface area contributed by atoms with Crippen LogP contribution in [0.5, 0.6) is 0 Å². The van der Waals surface area contributed by atoms with Crippen molar-refractivity contribution >= 4 is 28.9 Å². The summed E-state index contributed by atoms with van der Waals surface area (Å²) in [7, 11) is 3.96. The number of hydrogen-bond acceptors (Lipinski definition) is 7. The summed E-state index contributed by atoms with van der Waals surface area (Å²) in [5.41, 5.74) is 3.48. The molecule has 2 N–H and O–H groups in total. The second kappa shape index (κ2) is 8.78. The summed E-state index contributed by atoms with van der Waals surface area (Å²) in [4.78, 5) is 27.4. The summed E-state index contributed by atoms with van der Waals surface area (Å²) in [5.74, 6) is 1.70. The van der Waals surface area contributed by atoms with Crippen molar-refractivity contribution in [2.75, 3.05) is 36.2 Å². The average molecular weight is 416 g/mol. The van der Waals surface area contributed by atoms with Crippen molar-refractivity contribution in [3.8, 4) is 11.4 Å². The zero-order valence-electron chi connectivity index (χ0n) is 17.7. The zero-order valence-corrected chi connectivity index (χ0v) is 17.7. The third kappa shape index (κ3) is 4.77. The molecule has 0 saturated carbocycles. The van der Waals surface area contributed by atoms with Crippen LogP contribution in [0.4, 0.5) is 17.2 Å². The second-order valence-electron chi connectivity index (χ2n) is 7.34. The number of nitrogens with one attached hydrogen (secondary N) is 2. The summed E-state index contributed by atoms with van der Waals surface area (Å²) in [6, 6.07) is 13.3. The Hall–Kier alpha value is -4.01. The predicted octanol–water partition coefficient (Wildman–Crippen LogP) is 3.00. The van der Waals surface area contributed by atoms with E-state index in [0.29, 0.717) is 24.6 Å². The van der Waals surface area contributed by atoms with E-state index in [1.165, 1.54) is 0 Å². The monoisotopic (exact) mass is 416 g/mol. The fourth-order valence-electron chi connectivity index (χ4n) is 3.10. The molecular weight excluding hydrogens is 392 g/mol. The largest absolute Gasteiger partial charge is 0.378 e. The van der Waals surface area contributed by atoms with Gasteiger partial charge < -0.3 is 15.5 Å². The number of pyridine rings is 1. The number of anilines is 3. The van der Waals surface area contributed by atoms with Gasteiger partial charge in [0.25, 0.3) is 5.78 Å². The van der Waals surface area contributed by atoms with E-state index in [9.17, 15) is 4.79 Å². The maximum Gasteiger partial charge on any atom is 0.254 e. The number of carbonyl (C=O) groups excluding carboxylic acids is 1. The zero-order chi connectivity index (χ0) is 21.8. The first-order valence-electron chi connectivity index (χ1n) is 9.95. The first-order chi connectivity index (χ1) is 15.0. The van der Waals surface area contributed by atoms with Crippen molar-refractivity contribution in [3.63, 3.8) is 0 Å². The Morgan fingerprint density at radius 1 is 1.13 bits per heavy atom. The molecule has 4 aromatic rings. The van der Waals surface area contributed by atoms with E-state index >= 15 is 0 Å². The van der Waals surface area contributed by atoms with Crippen LogP contribution in [0.25, 0.3) is 17.2 Å². The van der Waals surface area contributed by atoms with Crippen molar-refractivity contribution < 1.29 is 4.79 Å². The van der Waals surface area contributed by atoms with Crippen LogP contribution in [-0.2, 0) is 4.79 Å². The molecule has 0 radical (unpaired) electrons. The Balaban J connectivity index is 1.41. The van der Waals surface area contributed by atoms with Gasteiger partial charge >= 0.3 is 0 Å². The maximum atomic E-state index is 12.3. The van der Waals surface area contributed by atoms with E-state index in [1.807, 2.05) is 68.4 Å². The second-order valence-corrected chi connectivity index (χ2v) is 7.34. The quantitative estimate of drug-likeness (QED) is 0.478. The highest BCUT2D eigenvalue weighted by Gasteiger charge is 2.12. The van der Waals surface area contributed by atoms with Crippen molar-refractivity contribution in [1.29, 1.82) is 0 Å². The van der Waals surface area contributed by atoms with Gasteiger partial charge in [-0.25, -0.2) is 4.98 Å². The minimum absolute atomic E-state index is 0.0678. The summed E-state index contributed by atoms with van der Waals surface area (Å²) in [6.07, 6.45) is 3.73. The van der Waals surface area contributed by atoms with Gasteiger partial charge in [0.2, 0.25) is 5.91 Å². The lowest BCUT2D eigenvalue weighted by atomic mass is 10.2. The van der Waals surface area contributed by atoms with Crippen molar-refractivity contribution in [2.45, 2.75) is 13.3 Å². The molecule has 1 amide bonds. The number of hydrogen-bond donors (Lipinski definition) is 2. The topological polar surface area (TPSA) is 100 Å². The van der Waals surface area contributed by atoms with Gasteiger partial charge in [-0.2, -0.15) is 9.50 Å². The van der Waals surface area contributed by atoms with E-state index in [-0.39, 0.29) is 5.91 Å². The highest BCUT2D eigenvalue weighted by atomic mass is 16.1. The van der Waals surface area contributed by atoms with Crippen LogP contribution in [0.2, 0.25) is 0 Å². The molecule has 0 aliphatic heterocycles. The standard InChI is InChI=1S/C22H24N8O/c1-15-13-19(30-22(25-15)27-21(28-30)16-5-4-11-23-14-16)24-12-10-20(31)26-17-6-8-18(9-7-17)29(2)3/h4-9,11,13-14,24H,10,12H2,1-3H3,(H,26,31). The molecule has 158 valence electrons. The molecule has 9 nitrogen and oxygen atoms in total. The smallest absolute Gasteiger partial charge is 0.254 e. The fourth-order valence-corrected chi connectivity index (χ4v) is 3.10. The third-order valence-electron chi connectivity index (χ3n) is 4.69. The highest BCUT2D eigenvalue weighted by Crippen LogP contribution is 2.18. The maximum absolute atomic E-state index is 12.3. The van der Waals surface area contributed by atoms with E-state index in [2.05, 4.69) is 30.7 Å². The van der Waals surface area contributed by atoms with Gasteiger partial charge in [-0.3, -0.25) is 9.78 Å². The molecule has 4 rings (SSSR count). The van der Waals surface area contributed by atoms with Crippen LogP contribution in [0.15, 0.2) is 54.9 Å². The minimum atomic E-state index is -0.0678. The number of carbonyl (C=O) groups is 1. The molecular formula is C22H24N8O. The predicted molar refractivity (Wildman–Crippen MR) is 121 cm³/mol. The van der Waals surface area contributed by atoms with Crippen LogP contribution in [0, 0.1) is 6.92 Å². The SMILES string of the molecule is Cc1cc(NCCC(=O)Nc2ccc(N(C)C)cc2)n2nc(-c3cccnc3)nc2n1. The van der Waals surface area contributed by atoms with E-state index in [0.717, 1.165) is 28.5 Å². The Labute approximate surface area is 180 Å². The molecule has 0 aliphatic rings. The molecule has 1 aromatic carbocycles. The summed E-state index contributed by atoms with van der Waals surface area (Å²) < 4.78 is 1.65. The third-order valence-corrected chi connectivity index (χ3v) is 4.69. The van der Waals surface area contributed by atoms with Gasteiger partial charge in [0.15, 0.2) is 5.82 Å². The molecule has 3 heterocycles. The molecule has 0 fully saturated rings. The first kappa shape index (κ1) is 20.3. The van der Waals surface area contributed by atoms with Crippen molar-refractivity contribution in [1.82, 2.24) is 24.6 Å². The number of rotatable bonds is 7. The summed E-state index contributed by atoms with van der Waals surface area (Å²) in [5, 5.41) is 10.7. The van der Waals surface area contributed by atoms with Gasteiger partial charge in [0.1, 0.15) is 5.82 Å². The Morgan fingerprint density at radius 2 is 1.94 bits per heavy atom. The van der Waals surface area contributed by atoms with Crippen LogP contribution >= 0.6 is 0 Å². The van der Waals surface area contributed by atoms with Gasteiger partial charge in [0, 0.05) is 68.2 Å². The van der Waals surface area contributed by atoms with Gasteiger partial charge in [-0.05, 0) is 43.3 Å². The van der Waals surface area contributed by atoms with E-state index in [4.69, 9.17) is 0 Å². The number of amides is 1. The number of benzene rings is 1. The molecule has 3 aromatic heterocycles. The normalized spacial score (nSPS) is 10.8. The number of aromatic nitrogens is 5. The molecule has 0 bridgehead atoms. The van der Waals surface area contributed by atoms with E-state index in [1.54, 1.807) is 16.9 Å². The van der Waals surface area contributed by atoms with E-state index < -0.39 is 0 Å².